The third-order valence-electron chi connectivity index (χ3n) is 4.54. The Kier molecular flexibility index (Phi) is 4.83. The van der Waals surface area contributed by atoms with Gasteiger partial charge in [-0.1, -0.05) is 20.8 Å². The van der Waals surface area contributed by atoms with Gasteiger partial charge in [0.25, 0.3) is 0 Å². The minimum Gasteiger partial charge on any atom is -0.311 e. The molecule has 2 nitrogen and oxygen atoms in total. The quantitative estimate of drug-likeness (QED) is 0.782. The molecule has 2 aliphatic heterocycles. The van der Waals surface area contributed by atoms with Crippen LogP contribution < -0.4 is 5.32 Å². The first-order valence-corrected chi connectivity index (χ1v) is 7.80. The fourth-order valence-corrected chi connectivity index (χ4v) is 4.02. The number of fused-ring (bicyclic) bond motifs is 2. The predicted molar refractivity (Wildman–Crippen MR) is 75.5 cm³/mol. The molecular formula is C16H29NO. The highest BCUT2D eigenvalue weighted by atomic mass is 16.1. The van der Waals surface area contributed by atoms with Crippen LogP contribution in [-0.2, 0) is 4.79 Å². The number of carbonyl (C=O) groups is 1. The molecule has 3 unspecified atom stereocenters. The molecular weight excluding hydrogens is 222 g/mol. The number of nitrogens with one attached hydrogen (secondary N) is 1. The monoisotopic (exact) mass is 251 g/mol. The minimum absolute atomic E-state index is 0.509. The number of piperidine rings is 1. The molecule has 2 heteroatoms. The molecule has 0 aliphatic carbocycles. The lowest BCUT2D eigenvalue weighted by Gasteiger charge is -2.28. The Bertz CT molecular complexity index is 275. The molecule has 2 heterocycles. The van der Waals surface area contributed by atoms with Crippen LogP contribution in [0.5, 0.6) is 0 Å². The van der Waals surface area contributed by atoms with Crippen LogP contribution in [0.2, 0.25) is 0 Å². The predicted octanol–water partition coefficient (Wildman–Crippen LogP) is 3.55. The van der Waals surface area contributed by atoms with Crippen molar-refractivity contribution in [2.24, 2.45) is 17.8 Å². The maximum absolute atomic E-state index is 12.1. The maximum Gasteiger partial charge on any atom is 0.133 e. The Morgan fingerprint density at radius 2 is 1.78 bits per heavy atom. The fraction of sp³-hybridized carbons (Fsp3) is 0.938. The van der Waals surface area contributed by atoms with Crippen molar-refractivity contribution in [3.63, 3.8) is 0 Å². The molecule has 0 aromatic heterocycles. The number of hydrogen-bond acceptors (Lipinski definition) is 2. The lowest BCUT2D eigenvalue weighted by molar-refractivity contribution is -0.121. The van der Waals surface area contributed by atoms with Crippen LogP contribution in [0.15, 0.2) is 0 Å². The molecule has 2 rings (SSSR count). The minimum atomic E-state index is 0.509. The molecule has 2 bridgehead atoms. The summed E-state index contributed by atoms with van der Waals surface area (Å²) in [4.78, 5) is 12.1. The first kappa shape index (κ1) is 14.0. The summed E-state index contributed by atoms with van der Waals surface area (Å²) in [7, 11) is 0. The van der Waals surface area contributed by atoms with Gasteiger partial charge in [0.2, 0.25) is 0 Å². The van der Waals surface area contributed by atoms with Crippen molar-refractivity contribution in [1.82, 2.24) is 5.32 Å². The molecule has 0 radical (unpaired) electrons. The van der Waals surface area contributed by atoms with Gasteiger partial charge >= 0.3 is 0 Å². The van der Waals surface area contributed by atoms with Crippen molar-refractivity contribution in [2.45, 2.75) is 77.8 Å². The summed E-state index contributed by atoms with van der Waals surface area (Å²) < 4.78 is 0. The number of hydrogen-bond donors (Lipinski definition) is 1. The lowest BCUT2D eigenvalue weighted by atomic mass is 9.85. The summed E-state index contributed by atoms with van der Waals surface area (Å²) in [5, 5.41) is 3.65. The fourth-order valence-electron chi connectivity index (χ4n) is 4.02. The molecule has 18 heavy (non-hydrogen) atoms. The summed E-state index contributed by atoms with van der Waals surface area (Å²) in [6, 6.07) is 1.43. The van der Waals surface area contributed by atoms with Crippen molar-refractivity contribution < 1.29 is 4.79 Å². The summed E-state index contributed by atoms with van der Waals surface area (Å²) in [5.74, 6) is 2.45. The van der Waals surface area contributed by atoms with E-state index in [1.807, 2.05) is 0 Å². The number of Topliss-reactive ketones (excluding diaryl/α,β-unsaturated/α-hetero) is 1. The van der Waals surface area contributed by atoms with Gasteiger partial charge in [0.15, 0.2) is 0 Å². The van der Waals surface area contributed by atoms with E-state index in [0.717, 1.165) is 24.9 Å². The van der Waals surface area contributed by atoms with Gasteiger partial charge in [-0.25, -0.2) is 0 Å². The normalized spacial score (nSPS) is 32.8. The van der Waals surface area contributed by atoms with Crippen molar-refractivity contribution in [1.29, 1.82) is 0 Å². The van der Waals surface area contributed by atoms with Gasteiger partial charge in [-0.05, 0) is 49.9 Å². The van der Waals surface area contributed by atoms with E-state index in [1.54, 1.807) is 0 Å². The van der Waals surface area contributed by atoms with Gasteiger partial charge in [-0.2, -0.15) is 0 Å². The second-order valence-corrected chi connectivity index (χ2v) is 7.16. The van der Waals surface area contributed by atoms with Crippen molar-refractivity contribution in [3.05, 3.63) is 0 Å². The van der Waals surface area contributed by atoms with E-state index >= 15 is 0 Å². The van der Waals surface area contributed by atoms with Crippen LogP contribution in [0.1, 0.15) is 65.7 Å². The highest BCUT2D eigenvalue weighted by Gasteiger charge is 2.34. The van der Waals surface area contributed by atoms with Crippen molar-refractivity contribution in [3.8, 4) is 0 Å². The summed E-state index contributed by atoms with van der Waals surface area (Å²) >= 11 is 0. The zero-order chi connectivity index (χ0) is 13.1. The molecule has 0 saturated carbocycles. The van der Waals surface area contributed by atoms with E-state index in [1.165, 1.54) is 32.1 Å². The largest absolute Gasteiger partial charge is 0.311 e. The Morgan fingerprint density at radius 1 is 1.17 bits per heavy atom. The highest BCUT2D eigenvalue weighted by molar-refractivity contribution is 5.78. The molecule has 0 aromatic carbocycles. The molecule has 0 amide bonds. The van der Waals surface area contributed by atoms with Gasteiger partial charge in [-0.3, -0.25) is 4.79 Å². The Balaban J connectivity index is 1.71. The zero-order valence-corrected chi connectivity index (χ0v) is 12.2. The molecule has 1 N–H and O–H groups in total. The molecule has 0 aromatic rings. The van der Waals surface area contributed by atoms with Crippen LogP contribution in [0.3, 0.4) is 0 Å². The molecule has 2 saturated heterocycles. The summed E-state index contributed by atoms with van der Waals surface area (Å²) in [5.41, 5.74) is 0. The number of ketones is 1. The Labute approximate surface area is 112 Å². The van der Waals surface area contributed by atoms with Gasteiger partial charge in [-0.15, -0.1) is 0 Å². The van der Waals surface area contributed by atoms with E-state index in [0.29, 0.717) is 23.5 Å². The van der Waals surface area contributed by atoms with Gasteiger partial charge < -0.3 is 5.32 Å². The molecule has 104 valence electrons. The van der Waals surface area contributed by atoms with Crippen molar-refractivity contribution >= 4 is 5.78 Å². The van der Waals surface area contributed by atoms with E-state index in [-0.39, 0.29) is 0 Å². The molecule has 2 fully saturated rings. The van der Waals surface area contributed by atoms with E-state index in [4.69, 9.17) is 0 Å². The van der Waals surface area contributed by atoms with Gasteiger partial charge in [0.1, 0.15) is 5.78 Å². The second kappa shape index (κ2) is 6.18. The standard InChI is InChI=1S/C16H29NO/c1-11(2)6-12(3)7-16(18)10-13-8-14-4-5-15(9-13)17-14/h11-15,17H,4-10H2,1-3H3. The third kappa shape index (κ3) is 4.08. The van der Waals surface area contributed by atoms with Gasteiger partial charge in [0.05, 0.1) is 0 Å². The Hall–Kier alpha value is -0.370. The molecule has 0 spiro atoms. The molecule has 3 atom stereocenters. The smallest absolute Gasteiger partial charge is 0.133 e. The van der Waals surface area contributed by atoms with Crippen molar-refractivity contribution in [2.75, 3.05) is 0 Å². The number of carbonyl (C=O) groups excluding carboxylic acids is 1. The lowest BCUT2D eigenvalue weighted by Crippen LogP contribution is -2.38. The topological polar surface area (TPSA) is 29.1 Å². The van der Waals surface area contributed by atoms with E-state index in [9.17, 15) is 4.79 Å². The van der Waals surface area contributed by atoms with Gasteiger partial charge in [0, 0.05) is 24.9 Å². The maximum atomic E-state index is 12.1. The van der Waals surface area contributed by atoms with Crippen LogP contribution in [-0.4, -0.2) is 17.9 Å². The number of rotatable bonds is 6. The Morgan fingerprint density at radius 3 is 2.33 bits per heavy atom. The molecule has 2 aliphatic rings. The highest BCUT2D eigenvalue weighted by Crippen LogP contribution is 2.33. The first-order valence-electron chi connectivity index (χ1n) is 7.80. The second-order valence-electron chi connectivity index (χ2n) is 7.16. The zero-order valence-electron chi connectivity index (χ0n) is 12.2. The van der Waals surface area contributed by atoms with E-state index < -0.39 is 0 Å². The average molecular weight is 251 g/mol. The van der Waals surface area contributed by atoms with E-state index in [2.05, 4.69) is 26.1 Å². The summed E-state index contributed by atoms with van der Waals surface area (Å²) in [6.45, 7) is 6.71. The van der Waals surface area contributed by atoms with Crippen LogP contribution in [0, 0.1) is 17.8 Å². The van der Waals surface area contributed by atoms with Crippen LogP contribution >= 0.6 is 0 Å². The summed E-state index contributed by atoms with van der Waals surface area (Å²) in [6.07, 6.45) is 7.97. The van der Waals surface area contributed by atoms with Crippen LogP contribution in [0.4, 0.5) is 0 Å². The third-order valence-corrected chi connectivity index (χ3v) is 4.54. The first-order chi connectivity index (χ1) is 8.52. The average Bonchev–Trinajstić information content (AvgIpc) is 2.56. The SMILES string of the molecule is CC(C)CC(C)CC(=O)CC1CC2CCC(C1)N2. The van der Waals surface area contributed by atoms with Crippen LogP contribution in [0.25, 0.3) is 0 Å².